The molecule has 11 nitrogen and oxygen atoms in total. The third-order valence-corrected chi connectivity index (χ3v) is 5.29. The number of hydrogen-bond donors (Lipinski definition) is 4. The maximum absolute atomic E-state index is 10.5. The first-order valence-electron chi connectivity index (χ1n) is 9.72. The molecule has 1 saturated heterocycles. The first-order valence-corrected chi connectivity index (χ1v) is 9.72. The molecule has 5 rings (SSSR count). The molecule has 1 aliphatic heterocycles. The van der Waals surface area contributed by atoms with Crippen molar-refractivity contribution in [2.75, 3.05) is 12.4 Å². The van der Waals surface area contributed by atoms with Gasteiger partial charge in [0, 0.05) is 18.0 Å². The highest BCUT2D eigenvalue weighted by Gasteiger charge is 2.43. The number of H-pyrrole nitrogens is 1. The fraction of sp³-hybridized carbons (Fsp3) is 0.300. The Bertz CT molecular complexity index is 1210. The largest absolute Gasteiger partial charge is 0.497 e. The van der Waals surface area contributed by atoms with Gasteiger partial charge in [-0.15, -0.1) is 0 Å². The summed E-state index contributed by atoms with van der Waals surface area (Å²) in [4.78, 5) is 16.0. The van der Waals surface area contributed by atoms with Gasteiger partial charge in [-0.05, 0) is 19.1 Å². The quantitative estimate of drug-likeness (QED) is 0.376. The molecule has 0 amide bonds. The number of aliphatic hydroxyl groups is 2. The lowest BCUT2D eigenvalue weighted by atomic mass is 10.1. The second kappa shape index (κ2) is 7.61. The van der Waals surface area contributed by atoms with Crippen molar-refractivity contribution >= 4 is 22.8 Å². The van der Waals surface area contributed by atoms with Crippen molar-refractivity contribution in [2.45, 2.75) is 31.5 Å². The minimum atomic E-state index is -1.16. The molecule has 0 radical (unpaired) electrons. The molecule has 4 heterocycles. The van der Waals surface area contributed by atoms with E-state index in [1.165, 1.54) is 11.0 Å². The summed E-state index contributed by atoms with van der Waals surface area (Å²) in [5.74, 6) is 1.65. The van der Waals surface area contributed by atoms with Gasteiger partial charge < -0.3 is 30.0 Å². The molecule has 0 spiro atoms. The second-order valence-corrected chi connectivity index (χ2v) is 7.22. The number of anilines is 2. The van der Waals surface area contributed by atoms with Crippen LogP contribution in [0.4, 0.5) is 11.8 Å². The van der Waals surface area contributed by atoms with Crippen LogP contribution in [0.2, 0.25) is 0 Å². The van der Waals surface area contributed by atoms with Crippen molar-refractivity contribution in [1.82, 2.24) is 29.7 Å². The van der Waals surface area contributed by atoms with E-state index < -0.39 is 24.5 Å². The van der Waals surface area contributed by atoms with Gasteiger partial charge in [0.25, 0.3) is 0 Å². The van der Waals surface area contributed by atoms with Gasteiger partial charge >= 0.3 is 0 Å². The molecule has 31 heavy (non-hydrogen) atoms. The Morgan fingerprint density at radius 3 is 2.77 bits per heavy atom. The van der Waals surface area contributed by atoms with E-state index in [0.717, 1.165) is 5.56 Å². The molecule has 4 aromatic rings. The summed E-state index contributed by atoms with van der Waals surface area (Å²) in [7, 11) is 1.59. The minimum absolute atomic E-state index is 0.437. The third-order valence-electron chi connectivity index (χ3n) is 5.29. The van der Waals surface area contributed by atoms with Crippen LogP contribution in [0.15, 0.2) is 43.0 Å². The van der Waals surface area contributed by atoms with Crippen LogP contribution < -0.4 is 10.1 Å². The van der Waals surface area contributed by atoms with E-state index in [1.54, 1.807) is 26.4 Å². The number of aromatic nitrogens is 6. The van der Waals surface area contributed by atoms with E-state index in [2.05, 4.69) is 25.3 Å². The van der Waals surface area contributed by atoms with E-state index in [9.17, 15) is 10.2 Å². The first kappa shape index (κ1) is 19.4. The average molecular weight is 423 g/mol. The number of ether oxygens (including phenoxy) is 2. The van der Waals surface area contributed by atoms with Crippen LogP contribution in [-0.2, 0) is 4.74 Å². The number of nitrogens with one attached hydrogen (secondary N) is 2. The van der Waals surface area contributed by atoms with Gasteiger partial charge in [-0.3, -0.25) is 0 Å². The predicted octanol–water partition coefficient (Wildman–Crippen LogP) is 1.61. The number of aliphatic hydroxyl groups excluding tert-OH is 2. The summed E-state index contributed by atoms with van der Waals surface area (Å²) in [5, 5.41) is 29.2. The molecule has 0 aliphatic carbocycles. The summed E-state index contributed by atoms with van der Waals surface area (Å²) in [5.41, 5.74) is 1.77. The number of aromatic amines is 1. The van der Waals surface area contributed by atoms with Crippen LogP contribution in [0, 0.1) is 0 Å². The van der Waals surface area contributed by atoms with E-state index in [4.69, 9.17) is 14.6 Å². The topological polar surface area (TPSA) is 143 Å². The van der Waals surface area contributed by atoms with Crippen LogP contribution in [0.5, 0.6) is 5.75 Å². The zero-order chi connectivity index (χ0) is 21.5. The van der Waals surface area contributed by atoms with Crippen LogP contribution in [0.1, 0.15) is 13.2 Å². The van der Waals surface area contributed by atoms with Gasteiger partial charge in [-0.25, -0.2) is 19.6 Å². The van der Waals surface area contributed by atoms with Crippen LogP contribution in [0.3, 0.4) is 0 Å². The van der Waals surface area contributed by atoms with Crippen molar-refractivity contribution in [2.24, 2.45) is 0 Å². The predicted molar refractivity (Wildman–Crippen MR) is 111 cm³/mol. The van der Waals surface area contributed by atoms with Crippen molar-refractivity contribution in [1.29, 1.82) is 0 Å². The van der Waals surface area contributed by atoms with Gasteiger partial charge in [0.15, 0.2) is 11.9 Å². The standard InChI is InChI=1S/C20H21N7O4/c1-10-15(28)16(29)19(31-10)27-18-13(14(26-27)11-4-3-5-12(8-11)30-2)17(23-9-24-18)25-20-21-6-7-22-20/h3-10,15-16,19,28-29H,1-2H3,(H2,21,22,23,24,25)/t10-,15-,16-,19-/m1/s1. The Kier molecular flexibility index (Phi) is 4.77. The minimum Gasteiger partial charge on any atom is -0.497 e. The van der Waals surface area contributed by atoms with Crippen LogP contribution >= 0.6 is 0 Å². The molecule has 4 atom stereocenters. The zero-order valence-corrected chi connectivity index (χ0v) is 16.8. The maximum atomic E-state index is 10.5. The molecule has 0 saturated carbocycles. The van der Waals surface area contributed by atoms with E-state index in [0.29, 0.717) is 34.2 Å². The van der Waals surface area contributed by atoms with E-state index >= 15 is 0 Å². The van der Waals surface area contributed by atoms with E-state index in [-0.39, 0.29) is 0 Å². The molecule has 0 unspecified atom stereocenters. The summed E-state index contributed by atoms with van der Waals surface area (Å²) in [6.45, 7) is 1.70. The fourth-order valence-corrected chi connectivity index (χ4v) is 3.69. The molecule has 4 N–H and O–H groups in total. The monoisotopic (exact) mass is 423 g/mol. The Labute approximate surface area is 176 Å². The number of rotatable bonds is 5. The fourth-order valence-electron chi connectivity index (χ4n) is 3.69. The summed E-state index contributed by atoms with van der Waals surface area (Å²) in [6, 6.07) is 7.43. The van der Waals surface area contributed by atoms with Gasteiger partial charge in [0.2, 0.25) is 5.95 Å². The molecule has 11 heteroatoms. The molecule has 160 valence electrons. The van der Waals surface area contributed by atoms with Crippen molar-refractivity contribution in [3.8, 4) is 17.0 Å². The molecule has 3 aromatic heterocycles. The lowest BCUT2D eigenvalue weighted by Gasteiger charge is -2.15. The smallest absolute Gasteiger partial charge is 0.205 e. The summed E-state index contributed by atoms with van der Waals surface area (Å²) < 4.78 is 12.6. The molecular weight excluding hydrogens is 402 g/mol. The Hall–Kier alpha value is -3.54. The van der Waals surface area contributed by atoms with Gasteiger partial charge in [-0.1, -0.05) is 12.1 Å². The number of hydrogen-bond acceptors (Lipinski definition) is 9. The van der Waals surface area contributed by atoms with Gasteiger partial charge in [0.05, 0.1) is 18.6 Å². The SMILES string of the molecule is COc1cccc(-c2nn([C@@H]3O[C@H](C)[C@@H](O)[C@H]3O)c3ncnc(Nc4ncc[nH]4)c23)c1. The van der Waals surface area contributed by atoms with Crippen molar-refractivity contribution < 1.29 is 19.7 Å². The molecule has 1 aromatic carbocycles. The molecule has 1 aliphatic rings. The van der Waals surface area contributed by atoms with Gasteiger partial charge in [-0.2, -0.15) is 5.10 Å². The molecule has 1 fully saturated rings. The Morgan fingerprint density at radius 2 is 2.06 bits per heavy atom. The molecule has 0 bridgehead atoms. The number of nitrogens with zero attached hydrogens (tertiary/aromatic N) is 5. The highest BCUT2D eigenvalue weighted by Crippen LogP contribution is 2.38. The van der Waals surface area contributed by atoms with Crippen molar-refractivity contribution in [3.63, 3.8) is 0 Å². The van der Waals surface area contributed by atoms with Gasteiger partial charge in [0.1, 0.15) is 35.8 Å². The average Bonchev–Trinajstić information content (AvgIpc) is 3.50. The summed E-state index contributed by atoms with van der Waals surface area (Å²) in [6.07, 6.45) is 1.06. The van der Waals surface area contributed by atoms with Crippen LogP contribution in [-0.4, -0.2) is 65.4 Å². The Balaban J connectivity index is 1.72. The second-order valence-electron chi connectivity index (χ2n) is 7.22. The zero-order valence-electron chi connectivity index (χ0n) is 16.8. The maximum Gasteiger partial charge on any atom is 0.205 e. The highest BCUT2D eigenvalue weighted by atomic mass is 16.6. The number of imidazole rings is 1. The van der Waals surface area contributed by atoms with Crippen molar-refractivity contribution in [3.05, 3.63) is 43.0 Å². The van der Waals surface area contributed by atoms with E-state index in [1.807, 2.05) is 24.3 Å². The molecular formula is C20H21N7O4. The third kappa shape index (κ3) is 3.28. The lowest BCUT2D eigenvalue weighted by molar-refractivity contribution is -0.0370. The Morgan fingerprint density at radius 1 is 1.19 bits per heavy atom. The number of benzene rings is 1. The normalized spacial score (nSPS) is 23.4. The highest BCUT2D eigenvalue weighted by molar-refractivity contribution is 6.00. The number of fused-ring (bicyclic) bond motifs is 1. The van der Waals surface area contributed by atoms with Crippen LogP contribution in [0.25, 0.3) is 22.3 Å². The lowest BCUT2D eigenvalue weighted by Crippen LogP contribution is -2.30. The first-order chi connectivity index (χ1) is 15.1. The summed E-state index contributed by atoms with van der Waals surface area (Å²) >= 11 is 0. The number of methoxy groups -OCH3 is 1.